The molecule has 0 spiro atoms. The third kappa shape index (κ3) is 3.93. The number of hydrogen-bond acceptors (Lipinski definition) is 3. The molecule has 5 heteroatoms. The molecule has 0 aliphatic carbocycles. The second-order valence-corrected chi connectivity index (χ2v) is 15.5. The van der Waals surface area contributed by atoms with Crippen LogP contribution in [0, 0.1) is 0 Å². The Morgan fingerprint density at radius 1 is 0.592 bits per heavy atom. The van der Waals surface area contributed by atoms with E-state index < -0.39 is 0 Å². The van der Waals surface area contributed by atoms with Gasteiger partial charge < -0.3 is 4.42 Å². The highest BCUT2D eigenvalue weighted by Crippen LogP contribution is 2.51. The van der Waals surface area contributed by atoms with Crippen molar-refractivity contribution in [2.24, 2.45) is 0 Å². The number of nitrogens with zero attached hydrogens (tertiary/aromatic N) is 4. The maximum atomic E-state index is 7.05. The lowest BCUT2D eigenvalue weighted by atomic mass is 9.61. The predicted molar refractivity (Wildman–Crippen MR) is 203 cm³/mol. The van der Waals surface area contributed by atoms with Crippen LogP contribution >= 0.6 is 0 Å². The minimum atomic E-state index is -0.216. The highest BCUT2D eigenvalue weighted by molar-refractivity contribution is 6.16. The third-order valence-electron chi connectivity index (χ3n) is 11.6. The lowest BCUT2D eigenvalue weighted by molar-refractivity contribution is 0.272. The molecule has 0 fully saturated rings. The Bertz CT molecular complexity index is 2600. The molecular formula is C44H42N4O. The Balaban J connectivity index is 1.36. The summed E-state index contributed by atoms with van der Waals surface area (Å²) in [6.45, 7) is 18.4. The molecule has 1 aliphatic heterocycles. The quantitative estimate of drug-likeness (QED) is 0.192. The first kappa shape index (κ1) is 29.9. The van der Waals surface area contributed by atoms with Crippen LogP contribution in [0.1, 0.15) is 89.7 Å². The number of hydrogen-bond donors (Lipinski definition) is 0. The van der Waals surface area contributed by atoms with Gasteiger partial charge in [0.05, 0.1) is 33.5 Å². The molecule has 4 heterocycles. The van der Waals surface area contributed by atoms with Gasteiger partial charge in [0.15, 0.2) is 5.58 Å². The van der Waals surface area contributed by atoms with Crippen LogP contribution in [0.3, 0.4) is 0 Å². The van der Waals surface area contributed by atoms with Gasteiger partial charge in [0.2, 0.25) is 0 Å². The zero-order chi connectivity index (χ0) is 34.0. The van der Waals surface area contributed by atoms with Gasteiger partial charge in [-0.05, 0) is 64.9 Å². The maximum absolute atomic E-state index is 7.05. The van der Waals surface area contributed by atoms with E-state index in [4.69, 9.17) is 14.4 Å². The van der Waals surface area contributed by atoms with Gasteiger partial charge in [-0.25, -0.2) is 9.97 Å². The van der Waals surface area contributed by atoms with Crippen LogP contribution in [-0.4, -0.2) is 19.1 Å². The van der Waals surface area contributed by atoms with E-state index in [0.717, 1.165) is 61.2 Å². The number of imidazole rings is 2. The van der Waals surface area contributed by atoms with Crippen LogP contribution in [0.15, 0.2) is 101 Å². The Hall–Kier alpha value is -5.16. The predicted octanol–water partition coefficient (Wildman–Crippen LogP) is 11.7. The summed E-state index contributed by atoms with van der Waals surface area (Å²) in [5.41, 5.74) is 12.7. The fourth-order valence-corrected chi connectivity index (χ4v) is 8.25. The topological polar surface area (TPSA) is 48.8 Å². The molecule has 3 aromatic heterocycles. The zero-order valence-electron chi connectivity index (χ0n) is 29.6. The summed E-state index contributed by atoms with van der Waals surface area (Å²) < 4.78 is 11.8. The van der Waals surface area contributed by atoms with Crippen molar-refractivity contribution in [2.45, 2.75) is 78.1 Å². The summed E-state index contributed by atoms with van der Waals surface area (Å²) in [4.78, 5) is 10.8. The molecule has 0 amide bonds. The van der Waals surface area contributed by atoms with E-state index in [9.17, 15) is 0 Å². The van der Waals surface area contributed by atoms with Crippen LogP contribution in [0.4, 0.5) is 0 Å². The van der Waals surface area contributed by atoms with Crippen molar-refractivity contribution in [2.75, 3.05) is 0 Å². The first-order valence-electron chi connectivity index (χ1n) is 17.6. The van der Waals surface area contributed by atoms with E-state index in [1.165, 1.54) is 28.1 Å². The zero-order valence-corrected chi connectivity index (χ0v) is 29.6. The number of rotatable bonds is 4. The fraction of sp³-hybridized carbons (Fsp3) is 0.273. The Labute approximate surface area is 287 Å². The fourth-order valence-electron chi connectivity index (χ4n) is 8.25. The molecule has 244 valence electrons. The van der Waals surface area contributed by atoms with Crippen molar-refractivity contribution in [3.05, 3.63) is 120 Å². The van der Waals surface area contributed by atoms with E-state index in [2.05, 4.69) is 162 Å². The second-order valence-electron chi connectivity index (χ2n) is 15.5. The maximum Gasteiger partial charge on any atom is 0.163 e. The normalized spacial score (nSPS) is 15.2. The molecule has 0 N–H and O–H groups in total. The number of benzene rings is 5. The molecule has 49 heavy (non-hydrogen) atoms. The third-order valence-corrected chi connectivity index (χ3v) is 11.6. The minimum absolute atomic E-state index is 0.110. The van der Waals surface area contributed by atoms with E-state index in [1.54, 1.807) is 0 Å². The van der Waals surface area contributed by atoms with Crippen molar-refractivity contribution in [1.29, 1.82) is 0 Å². The molecule has 9 rings (SSSR count). The van der Waals surface area contributed by atoms with Crippen LogP contribution < -0.4 is 0 Å². The van der Waals surface area contributed by atoms with Gasteiger partial charge in [-0.1, -0.05) is 116 Å². The molecule has 5 nitrogen and oxygen atoms in total. The van der Waals surface area contributed by atoms with Gasteiger partial charge >= 0.3 is 0 Å². The van der Waals surface area contributed by atoms with Crippen LogP contribution in [0.5, 0.6) is 0 Å². The molecule has 0 unspecified atom stereocenters. The highest BCUT2D eigenvalue weighted by atomic mass is 16.3. The average molecular weight is 643 g/mol. The van der Waals surface area contributed by atoms with E-state index >= 15 is 0 Å². The van der Waals surface area contributed by atoms with Gasteiger partial charge in [-0.15, -0.1) is 0 Å². The van der Waals surface area contributed by atoms with Gasteiger partial charge in [0.1, 0.15) is 22.7 Å². The van der Waals surface area contributed by atoms with Gasteiger partial charge in [-0.2, -0.15) is 0 Å². The van der Waals surface area contributed by atoms with Gasteiger partial charge in [0, 0.05) is 21.6 Å². The number of aromatic nitrogens is 4. The Morgan fingerprint density at radius 2 is 1.27 bits per heavy atom. The van der Waals surface area contributed by atoms with Crippen molar-refractivity contribution in [3.8, 4) is 22.8 Å². The summed E-state index contributed by atoms with van der Waals surface area (Å²) in [6.07, 6.45) is 0. The molecule has 0 radical (unpaired) electrons. The van der Waals surface area contributed by atoms with Gasteiger partial charge in [-0.3, -0.25) is 9.13 Å². The van der Waals surface area contributed by atoms with Crippen LogP contribution in [0.2, 0.25) is 0 Å². The van der Waals surface area contributed by atoms with Crippen molar-refractivity contribution >= 4 is 44.0 Å². The Morgan fingerprint density at radius 3 is 2.02 bits per heavy atom. The minimum Gasteiger partial charge on any atom is -0.453 e. The second kappa shape index (κ2) is 10.2. The van der Waals surface area contributed by atoms with E-state index in [1.807, 2.05) is 0 Å². The molecule has 0 bridgehead atoms. The lowest BCUT2D eigenvalue weighted by Crippen LogP contribution is -2.46. The summed E-state index contributed by atoms with van der Waals surface area (Å²) in [5.74, 6) is 2.62. The number of para-hydroxylation sites is 5. The van der Waals surface area contributed by atoms with Crippen molar-refractivity contribution < 1.29 is 4.42 Å². The summed E-state index contributed by atoms with van der Waals surface area (Å²) in [5, 5.41) is 2.14. The van der Waals surface area contributed by atoms with Crippen molar-refractivity contribution in [1.82, 2.24) is 19.1 Å². The summed E-state index contributed by atoms with van der Waals surface area (Å²) in [6, 6.07) is 34.9. The largest absolute Gasteiger partial charge is 0.453 e. The first-order valence-corrected chi connectivity index (χ1v) is 17.6. The summed E-state index contributed by atoms with van der Waals surface area (Å²) >= 11 is 0. The smallest absolute Gasteiger partial charge is 0.163 e. The van der Waals surface area contributed by atoms with Crippen molar-refractivity contribution in [3.63, 3.8) is 0 Å². The summed E-state index contributed by atoms with van der Waals surface area (Å²) in [7, 11) is 0. The molecule has 0 saturated heterocycles. The van der Waals surface area contributed by atoms with Gasteiger partial charge in [0.25, 0.3) is 0 Å². The number of furan rings is 1. The molecule has 0 atom stereocenters. The average Bonchev–Trinajstić information content (AvgIpc) is 3.79. The van der Waals surface area contributed by atoms with Crippen LogP contribution in [-0.2, 0) is 10.8 Å². The van der Waals surface area contributed by atoms with E-state index in [-0.39, 0.29) is 10.8 Å². The highest BCUT2D eigenvalue weighted by Gasteiger charge is 2.48. The molecule has 0 saturated carbocycles. The van der Waals surface area contributed by atoms with Crippen LogP contribution in [0.25, 0.3) is 66.8 Å². The monoisotopic (exact) mass is 642 g/mol. The Kier molecular flexibility index (Phi) is 6.22. The first-order chi connectivity index (χ1) is 23.5. The lowest BCUT2D eigenvalue weighted by Gasteiger charge is -2.46. The van der Waals surface area contributed by atoms with E-state index in [0.29, 0.717) is 11.8 Å². The number of fused-ring (bicyclic) bond motifs is 10. The molecular weight excluding hydrogens is 601 g/mol. The molecule has 8 aromatic rings. The molecule has 5 aromatic carbocycles. The standard InChI is InChI=1S/C44H42N4O/c1-25(2)27-15-13-16-28(26(3)4)38(27)48-35-22-12-10-20-33(35)45-41(48)31-18-14-17-29-30-23-24-36-37(40(30)49-39(29)31)46-42-44(7,8)43(5,6)32-19-9-11-21-34(32)47(36)42/h9-26H,1-8H3. The molecule has 1 aliphatic rings. The SMILES string of the molecule is CC(C)c1cccc(C(C)C)c1-n1c(-c2cccc3c2oc2c3ccc3c2nc2n3-c3ccccc3C(C)(C)C2(C)C)nc2ccccc21.